The van der Waals surface area contributed by atoms with Gasteiger partial charge in [0.05, 0.1) is 27.6 Å². The first-order valence-electron chi connectivity index (χ1n) is 7.83. The number of ether oxygens (including phenoxy) is 1. The van der Waals surface area contributed by atoms with Gasteiger partial charge in [0, 0.05) is 6.42 Å². The van der Waals surface area contributed by atoms with Gasteiger partial charge in [0.2, 0.25) is 0 Å². The lowest BCUT2D eigenvalue weighted by molar-refractivity contribution is -0.873. The van der Waals surface area contributed by atoms with E-state index in [9.17, 15) is 14.4 Å². The normalized spacial score (nSPS) is 12.2. The summed E-state index contributed by atoms with van der Waals surface area (Å²) in [4.78, 5) is 31.7. The van der Waals surface area contributed by atoms with Crippen LogP contribution in [0.1, 0.15) is 32.6 Å². The van der Waals surface area contributed by atoms with Gasteiger partial charge in [-0.1, -0.05) is 6.92 Å². The lowest BCUT2D eigenvalue weighted by atomic mass is 10.2. The number of esters is 1. The summed E-state index contributed by atoms with van der Waals surface area (Å²) in [6.07, 6.45) is 0.725. The smallest absolute Gasteiger partial charge is 0.320 e. The van der Waals surface area contributed by atoms with Gasteiger partial charge in [-0.05, 0) is 19.4 Å². The molecule has 0 saturated heterocycles. The Hall–Kier alpha value is -0.750. The van der Waals surface area contributed by atoms with Crippen molar-refractivity contribution in [1.82, 2.24) is 0 Å². The third-order valence-corrected chi connectivity index (χ3v) is 2.78. The van der Waals surface area contributed by atoms with Gasteiger partial charge in [-0.2, -0.15) is 0 Å². The van der Waals surface area contributed by atoms with E-state index in [4.69, 9.17) is 26.4 Å². The number of halogens is 2. The van der Waals surface area contributed by atoms with Crippen LogP contribution >= 0.6 is 34.0 Å². The van der Waals surface area contributed by atoms with Crippen molar-refractivity contribution in [3.05, 3.63) is 0 Å². The Bertz CT molecular complexity index is 405. The molecule has 6 N–H and O–H groups in total. The minimum absolute atomic E-state index is 0. The highest BCUT2D eigenvalue weighted by atomic mass is 79.9. The Balaban J connectivity index is -0.000000192. The molecule has 0 radical (unpaired) electrons. The first-order valence-corrected chi connectivity index (χ1v) is 7.83. The summed E-state index contributed by atoms with van der Waals surface area (Å²) in [5.41, 5.74) is 10.3. The summed E-state index contributed by atoms with van der Waals surface area (Å²) in [5, 5.41) is 16.9. The van der Waals surface area contributed by atoms with Crippen molar-refractivity contribution in [2.24, 2.45) is 11.5 Å². The van der Waals surface area contributed by atoms with E-state index < -0.39 is 24.1 Å². The maximum atomic E-state index is 11.1. The van der Waals surface area contributed by atoms with Crippen molar-refractivity contribution in [3.8, 4) is 0 Å². The van der Waals surface area contributed by atoms with Crippen LogP contribution in [0.5, 0.6) is 0 Å². The lowest BCUT2D eigenvalue weighted by Crippen LogP contribution is -2.43. The molecule has 0 aromatic heterocycles. The molecule has 158 valence electrons. The second-order valence-electron chi connectivity index (χ2n) is 6.41. The van der Waals surface area contributed by atoms with Crippen LogP contribution in [-0.4, -0.2) is 79.0 Å². The average Bonchev–Trinajstić information content (AvgIpc) is 2.42. The molecule has 0 bridgehead atoms. The number of carboxylic acids is 2. The molecule has 26 heavy (non-hydrogen) atoms. The number of carbonyl (C=O) groups excluding carboxylic acids is 1. The molecule has 2 atom stereocenters. The molecular weight excluding hydrogens is 478 g/mol. The van der Waals surface area contributed by atoms with Crippen molar-refractivity contribution < 1.29 is 33.8 Å². The summed E-state index contributed by atoms with van der Waals surface area (Å²) in [7, 11) is 5.78. The van der Waals surface area contributed by atoms with Crippen molar-refractivity contribution in [1.29, 1.82) is 0 Å². The predicted molar refractivity (Wildman–Crippen MR) is 110 cm³/mol. The molecule has 9 nitrogen and oxygen atoms in total. The van der Waals surface area contributed by atoms with Crippen LogP contribution in [0.4, 0.5) is 0 Å². The van der Waals surface area contributed by atoms with E-state index in [1.165, 1.54) is 0 Å². The van der Waals surface area contributed by atoms with Crippen LogP contribution in [0.3, 0.4) is 0 Å². The van der Waals surface area contributed by atoms with Crippen molar-refractivity contribution in [2.45, 2.75) is 44.8 Å². The largest absolute Gasteiger partial charge is 0.481 e. The van der Waals surface area contributed by atoms with E-state index in [1.54, 1.807) is 6.92 Å². The highest BCUT2D eigenvalue weighted by molar-refractivity contribution is 8.93. The number of quaternary nitrogens is 1. The number of nitrogens with zero attached hydrogens (tertiary/aromatic N) is 1. The fraction of sp³-hybridized carbons (Fsp3) is 0.800. The SMILES string of the molecule is Br.Br.CCC(=O)O[C@H](CC(=O)O)C[N+](C)(C)C.NCCC[C@H](N)C(=O)O. The van der Waals surface area contributed by atoms with E-state index in [0.717, 1.165) is 0 Å². The summed E-state index contributed by atoms with van der Waals surface area (Å²) < 4.78 is 5.62. The summed E-state index contributed by atoms with van der Waals surface area (Å²) in [6.45, 7) is 2.69. The minimum Gasteiger partial charge on any atom is -0.481 e. The van der Waals surface area contributed by atoms with E-state index >= 15 is 0 Å². The first-order chi connectivity index (χ1) is 10.9. The maximum absolute atomic E-state index is 11.1. The molecule has 0 heterocycles. The zero-order valence-corrected chi connectivity index (χ0v) is 19.3. The van der Waals surface area contributed by atoms with Crippen LogP contribution in [0.15, 0.2) is 0 Å². The molecule has 0 saturated carbocycles. The lowest BCUT2D eigenvalue weighted by Gasteiger charge is -2.28. The molecule has 0 spiro atoms. The third kappa shape index (κ3) is 23.2. The van der Waals surface area contributed by atoms with Crippen LogP contribution in [-0.2, 0) is 19.1 Å². The van der Waals surface area contributed by atoms with Gasteiger partial charge in [-0.15, -0.1) is 34.0 Å². The van der Waals surface area contributed by atoms with Crippen molar-refractivity contribution in [2.75, 3.05) is 34.2 Å². The Labute approximate surface area is 176 Å². The second kappa shape index (κ2) is 17.7. The number of carboxylic acid groups (broad SMARTS) is 2. The maximum Gasteiger partial charge on any atom is 0.320 e. The van der Waals surface area contributed by atoms with E-state index in [-0.39, 0.29) is 52.8 Å². The van der Waals surface area contributed by atoms with Crippen LogP contribution in [0.25, 0.3) is 0 Å². The fourth-order valence-corrected chi connectivity index (χ4v) is 1.68. The predicted octanol–water partition coefficient (Wildman–Crippen LogP) is 0.782. The molecule has 0 aromatic carbocycles. The third-order valence-electron chi connectivity index (χ3n) is 2.78. The van der Waals surface area contributed by atoms with Crippen LogP contribution < -0.4 is 11.5 Å². The monoisotopic (exact) mass is 510 g/mol. The van der Waals surface area contributed by atoms with E-state index in [1.807, 2.05) is 21.1 Å². The standard InChI is InChI=1S/C10H19NO4.C5H12N2O2.2BrH/c1-5-10(14)15-8(6-9(12)13)7-11(2,3)4;6-3-1-2-4(7)5(8)9;;/h8H,5-7H2,1-4H3;4H,1-3,6-7H2,(H,8,9);2*1H/p+1/t8-;4-;;/m10../s1. The van der Waals surface area contributed by atoms with Crippen molar-refractivity contribution in [3.63, 3.8) is 0 Å². The molecule has 0 amide bonds. The molecule has 11 heteroatoms. The number of carbonyl (C=O) groups is 3. The topological polar surface area (TPSA) is 153 Å². The summed E-state index contributed by atoms with van der Waals surface area (Å²) >= 11 is 0. The fourth-order valence-electron chi connectivity index (χ4n) is 1.68. The van der Waals surface area contributed by atoms with Gasteiger partial charge in [-0.3, -0.25) is 14.4 Å². The van der Waals surface area contributed by atoms with Gasteiger partial charge >= 0.3 is 17.9 Å². The molecular formula is C15H34Br2N3O6+. The van der Waals surface area contributed by atoms with Gasteiger partial charge in [0.15, 0.2) is 6.10 Å². The molecule has 0 aromatic rings. The zero-order chi connectivity index (χ0) is 19.3. The number of aliphatic carboxylic acids is 2. The first kappa shape index (κ1) is 32.9. The summed E-state index contributed by atoms with van der Waals surface area (Å²) in [6, 6.07) is -0.742. The number of nitrogens with two attached hydrogens (primary N) is 2. The quantitative estimate of drug-likeness (QED) is 0.248. The summed E-state index contributed by atoms with van der Waals surface area (Å²) in [5.74, 6) is -2.25. The van der Waals surface area contributed by atoms with Crippen LogP contribution in [0, 0.1) is 0 Å². The number of hydrogen-bond acceptors (Lipinski definition) is 6. The van der Waals surface area contributed by atoms with Crippen LogP contribution in [0.2, 0.25) is 0 Å². The van der Waals surface area contributed by atoms with E-state index in [0.29, 0.717) is 30.4 Å². The van der Waals surface area contributed by atoms with Gasteiger partial charge < -0.3 is 30.9 Å². The van der Waals surface area contributed by atoms with Gasteiger partial charge in [0.1, 0.15) is 12.6 Å². The van der Waals surface area contributed by atoms with Crippen molar-refractivity contribution >= 4 is 51.9 Å². The molecule has 0 aliphatic carbocycles. The number of likely N-dealkylation sites (N-methyl/N-ethyl adjacent to an activating group) is 1. The minimum atomic E-state index is -0.955. The second-order valence-corrected chi connectivity index (χ2v) is 6.41. The molecule has 0 aliphatic rings. The Morgan fingerprint density at radius 3 is 1.92 bits per heavy atom. The molecule has 0 fully saturated rings. The zero-order valence-electron chi connectivity index (χ0n) is 15.8. The number of hydrogen-bond donors (Lipinski definition) is 4. The highest BCUT2D eigenvalue weighted by Gasteiger charge is 2.24. The van der Waals surface area contributed by atoms with Gasteiger partial charge in [0.25, 0.3) is 0 Å². The molecule has 0 unspecified atom stereocenters. The number of rotatable bonds is 10. The average molecular weight is 512 g/mol. The Kier molecular flexibility index (Phi) is 22.3. The molecule has 0 aliphatic heterocycles. The Morgan fingerprint density at radius 2 is 1.62 bits per heavy atom. The van der Waals surface area contributed by atoms with E-state index in [2.05, 4.69) is 0 Å². The molecule has 0 rings (SSSR count). The van der Waals surface area contributed by atoms with Gasteiger partial charge in [-0.25, -0.2) is 0 Å². The Morgan fingerprint density at radius 1 is 1.12 bits per heavy atom. The highest BCUT2D eigenvalue weighted by Crippen LogP contribution is 2.06.